The minimum Gasteiger partial charge on any atom is -0.393 e. The molecule has 0 saturated heterocycles. The lowest BCUT2D eigenvalue weighted by atomic mass is 10.1. The third-order valence-electron chi connectivity index (χ3n) is 3.31. The Morgan fingerprint density at radius 1 is 0.880 bits per heavy atom. The fourth-order valence-electron chi connectivity index (χ4n) is 2.13. The summed E-state index contributed by atoms with van der Waals surface area (Å²) in [4.78, 5) is 11.8. The Bertz CT molecular complexity index is 867. The smallest absolute Gasteiger partial charge is 0.393 e. The van der Waals surface area contributed by atoms with Crippen LogP contribution in [0.2, 0.25) is 0 Å². The van der Waals surface area contributed by atoms with Crippen LogP contribution in [0.25, 0.3) is 0 Å². The van der Waals surface area contributed by atoms with Crippen molar-refractivity contribution in [2.24, 2.45) is 0 Å². The molecule has 1 aromatic carbocycles. The van der Waals surface area contributed by atoms with Crippen molar-refractivity contribution in [2.45, 2.75) is 6.18 Å². The molecule has 4 N–H and O–H groups in total. The molecule has 0 radical (unpaired) electrons. The van der Waals surface area contributed by atoms with Crippen molar-refractivity contribution in [3.05, 3.63) is 60.7 Å². The van der Waals surface area contributed by atoms with Gasteiger partial charge in [-0.25, -0.2) is 9.97 Å². The summed E-state index contributed by atoms with van der Waals surface area (Å²) < 4.78 is 39.3. The van der Waals surface area contributed by atoms with Crippen LogP contribution in [0.15, 0.2) is 55.1 Å². The molecule has 2 aromatic heterocycles. The van der Waals surface area contributed by atoms with Crippen molar-refractivity contribution < 1.29 is 13.2 Å². The second kappa shape index (κ2) is 6.63. The van der Waals surface area contributed by atoms with Gasteiger partial charge in [0.1, 0.15) is 12.0 Å². The molecule has 0 bridgehead atoms. The maximum absolute atomic E-state index is 13.1. The molecular formula is C16H13F3N6. The average Bonchev–Trinajstić information content (AvgIpc) is 2.59. The van der Waals surface area contributed by atoms with E-state index in [2.05, 4.69) is 25.6 Å². The second-order valence-corrected chi connectivity index (χ2v) is 5.01. The van der Waals surface area contributed by atoms with Gasteiger partial charge in [-0.3, -0.25) is 4.98 Å². The van der Waals surface area contributed by atoms with E-state index in [4.69, 9.17) is 5.73 Å². The van der Waals surface area contributed by atoms with Crippen LogP contribution in [0.5, 0.6) is 0 Å². The van der Waals surface area contributed by atoms with Crippen LogP contribution in [0, 0.1) is 0 Å². The molecule has 9 heteroatoms. The molecule has 3 rings (SSSR count). The Morgan fingerprint density at radius 3 is 2.20 bits per heavy atom. The Labute approximate surface area is 141 Å². The van der Waals surface area contributed by atoms with E-state index < -0.39 is 11.7 Å². The topological polar surface area (TPSA) is 88.8 Å². The maximum atomic E-state index is 13.1. The fourth-order valence-corrected chi connectivity index (χ4v) is 2.13. The van der Waals surface area contributed by atoms with Crippen LogP contribution in [-0.2, 0) is 6.18 Å². The van der Waals surface area contributed by atoms with Gasteiger partial charge in [0.15, 0.2) is 11.6 Å². The quantitative estimate of drug-likeness (QED) is 0.663. The zero-order chi connectivity index (χ0) is 17.9. The molecule has 0 fully saturated rings. The van der Waals surface area contributed by atoms with Crippen LogP contribution < -0.4 is 16.4 Å². The van der Waals surface area contributed by atoms with E-state index in [0.29, 0.717) is 5.69 Å². The molecule has 0 atom stereocenters. The molecule has 0 saturated carbocycles. The molecular weight excluding hydrogens is 333 g/mol. The third kappa shape index (κ3) is 3.77. The van der Waals surface area contributed by atoms with E-state index in [1.807, 2.05) is 0 Å². The van der Waals surface area contributed by atoms with E-state index in [0.717, 1.165) is 6.07 Å². The van der Waals surface area contributed by atoms with Gasteiger partial charge in [-0.1, -0.05) is 12.1 Å². The number of alkyl halides is 3. The number of nitrogen functional groups attached to an aromatic ring is 1. The van der Waals surface area contributed by atoms with Gasteiger partial charge in [-0.2, -0.15) is 13.2 Å². The summed E-state index contributed by atoms with van der Waals surface area (Å²) in [6, 6.07) is 8.50. The number of para-hydroxylation sites is 1. The molecule has 0 spiro atoms. The first-order valence-corrected chi connectivity index (χ1v) is 7.16. The monoisotopic (exact) mass is 346 g/mol. The third-order valence-corrected chi connectivity index (χ3v) is 3.31. The van der Waals surface area contributed by atoms with Gasteiger partial charge in [0.25, 0.3) is 0 Å². The lowest BCUT2D eigenvalue weighted by Crippen LogP contribution is -2.10. The van der Waals surface area contributed by atoms with Gasteiger partial charge in [-0.05, 0) is 24.3 Å². The zero-order valence-corrected chi connectivity index (χ0v) is 12.7. The Kier molecular flexibility index (Phi) is 4.38. The number of nitrogens with one attached hydrogen (secondary N) is 2. The fraction of sp³-hybridized carbons (Fsp3) is 0.0625. The number of benzene rings is 1. The normalized spacial score (nSPS) is 11.2. The van der Waals surface area contributed by atoms with Crippen LogP contribution in [0.3, 0.4) is 0 Å². The lowest BCUT2D eigenvalue weighted by Gasteiger charge is -2.16. The Hall–Kier alpha value is -3.36. The van der Waals surface area contributed by atoms with Crippen molar-refractivity contribution >= 4 is 28.7 Å². The van der Waals surface area contributed by atoms with Crippen molar-refractivity contribution in [3.63, 3.8) is 0 Å². The highest BCUT2D eigenvalue weighted by Gasteiger charge is 2.33. The minimum absolute atomic E-state index is 0.0725. The maximum Gasteiger partial charge on any atom is 0.418 e. The number of halogens is 3. The number of hydrogen-bond donors (Lipinski definition) is 3. The van der Waals surface area contributed by atoms with Crippen molar-refractivity contribution in [1.82, 2.24) is 15.0 Å². The largest absolute Gasteiger partial charge is 0.418 e. The molecule has 25 heavy (non-hydrogen) atoms. The highest BCUT2D eigenvalue weighted by atomic mass is 19.4. The predicted molar refractivity (Wildman–Crippen MR) is 88.7 cm³/mol. The van der Waals surface area contributed by atoms with Crippen LogP contribution in [-0.4, -0.2) is 15.0 Å². The number of anilines is 5. The summed E-state index contributed by atoms with van der Waals surface area (Å²) in [7, 11) is 0. The molecule has 3 aromatic rings. The lowest BCUT2D eigenvalue weighted by molar-refractivity contribution is -0.136. The molecule has 0 aliphatic carbocycles. The highest BCUT2D eigenvalue weighted by Crippen LogP contribution is 2.37. The average molecular weight is 346 g/mol. The summed E-state index contributed by atoms with van der Waals surface area (Å²) in [5.41, 5.74) is 5.82. The SMILES string of the molecule is Nc1c(Nc2ccncc2)ncnc1Nc1ccccc1C(F)(F)F. The minimum atomic E-state index is -4.50. The summed E-state index contributed by atoms with van der Waals surface area (Å²) >= 11 is 0. The van der Waals surface area contributed by atoms with Gasteiger partial charge in [0, 0.05) is 18.1 Å². The van der Waals surface area contributed by atoms with E-state index in [1.165, 1.54) is 24.5 Å². The standard InChI is InChI=1S/C16H13F3N6/c17-16(18,19)11-3-1-2-4-12(11)25-15-13(20)14(22-9-23-15)24-10-5-7-21-8-6-10/h1-9H,20H2,(H2,21,22,23,24,25). The van der Waals surface area contributed by atoms with Gasteiger partial charge >= 0.3 is 6.18 Å². The summed E-state index contributed by atoms with van der Waals surface area (Å²) in [5, 5.41) is 5.59. The molecule has 2 heterocycles. The van der Waals surface area contributed by atoms with Crippen LogP contribution in [0.4, 0.5) is 41.9 Å². The molecule has 128 valence electrons. The Morgan fingerprint density at radius 2 is 1.52 bits per heavy atom. The first-order valence-electron chi connectivity index (χ1n) is 7.16. The van der Waals surface area contributed by atoms with Crippen molar-refractivity contribution in [3.8, 4) is 0 Å². The van der Waals surface area contributed by atoms with Crippen LogP contribution in [0.1, 0.15) is 5.56 Å². The number of nitrogens with zero attached hydrogens (tertiary/aromatic N) is 3. The number of hydrogen-bond acceptors (Lipinski definition) is 6. The zero-order valence-electron chi connectivity index (χ0n) is 12.7. The van der Waals surface area contributed by atoms with E-state index in [-0.39, 0.29) is 23.0 Å². The predicted octanol–water partition coefficient (Wildman–Crippen LogP) is 3.96. The molecule has 0 unspecified atom stereocenters. The first kappa shape index (κ1) is 16.5. The Balaban J connectivity index is 1.91. The van der Waals surface area contributed by atoms with Crippen LogP contribution >= 0.6 is 0 Å². The number of aromatic nitrogens is 3. The molecule has 0 aliphatic rings. The highest BCUT2D eigenvalue weighted by molar-refractivity contribution is 5.80. The first-order chi connectivity index (χ1) is 11.9. The van der Waals surface area contributed by atoms with Gasteiger partial charge in [-0.15, -0.1) is 0 Å². The summed E-state index contributed by atoms with van der Waals surface area (Å²) in [5.74, 6) is 0.344. The number of rotatable bonds is 4. The molecule has 0 amide bonds. The van der Waals surface area contributed by atoms with Crippen molar-refractivity contribution in [2.75, 3.05) is 16.4 Å². The van der Waals surface area contributed by atoms with Gasteiger partial charge in [0.05, 0.1) is 11.3 Å². The van der Waals surface area contributed by atoms with E-state index in [9.17, 15) is 13.2 Å². The van der Waals surface area contributed by atoms with Gasteiger partial charge < -0.3 is 16.4 Å². The van der Waals surface area contributed by atoms with Crippen molar-refractivity contribution in [1.29, 1.82) is 0 Å². The molecule has 0 aliphatic heterocycles. The van der Waals surface area contributed by atoms with Gasteiger partial charge in [0.2, 0.25) is 0 Å². The second-order valence-electron chi connectivity index (χ2n) is 5.01. The van der Waals surface area contributed by atoms with E-state index in [1.54, 1.807) is 24.5 Å². The number of pyridine rings is 1. The summed E-state index contributed by atoms with van der Waals surface area (Å²) in [6.07, 6.45) is -0.126. The number of nitrogens with two attached hydrogens (primary N) is 1. The summed E-state index contributed by atoms with van der Waals surface area (Å²) in [6.45, 7) is 0. The van der Waals surface area contributed by atoms with E-state index >= 15 is 0 Å². The molecule has 6 nitrogen and oxygen atoms in total.